The van der Waals surface area contributed by atoms with Crippen LogP contribution in [0.15, 0.2) is 24.3 Å². The zero-order valence-electron chi connectivity index (χ0n) is 15.5. The van der Waals surface area contributed by atoms with Crippen molar-refractivity contribution in [2.75, 3.05) is 6.61 Å². The van der Waals surface area contributed by atoms with Crippen LogP contribution in [0.5, 0.6) is 5.75 Å². The minimum Gasteiger partial charge on any atom is -0.484 e. The molecule has 4 nitrogen and oxygen atoms in total. The molecular weight excluding hydrogens is 324 g/mol. The minimum absolute atomic E-state index is 0.0330. The van der Waals surface area contributed by atoms with E-state index in [1.54, 1.807) is 0 Å². The molecule has 4 fully saturated rings. The number of ether oxygens (including phenoxy) is 1. The second-order valence-electron chi connectivity index (χ2n) is 8.84. The highest BCUT2D eigenvalue weighted by atomic mass is 16.5. The molecule has 1 aromatic carbocycles. The van der Waals surface area contributed by atoms with Crippen LogP contribution in [0.1, 0.15) is 51.0 Å². The normalized spacial score (nSPS) is 32.7. The Hall–Kier alpha value is -2.02. The molecule has 0 radical (unpaired) electrons. The lowest BCUT2D eigenvalue weighted by Crippen LogP contribution is -2.56. The van der Waals surface area contributed by atoms with Gasteiger partial charge in [0.05, 0.1) is 12.5 Å². The van der Waals surface area contributed by atoms with Crippen molar-refractivity contribution in [3.8, 4) is 11.8 Å². The maximum atomic E-state index is 12.4. The van der Waals surface area contributed by atoms with Gasteiger partial charge in [0.2, 0.25) is 0 Å². The van der Waals surface area contributed by atoms with Crippen LogP contribution in [0, 0.1) is 34.5 Å². The quantitative estimate of drug-likeness (QED) is 0.846. The van der Waals surface area contributed by atoms with E-state index in [0.29, 0.717) is 17.6 Å². The maximum absolute atomic E-state index is 12.4. The van der Waals surface area contributed by atoms with Crippen molar-refractivity contribution in [3.63, 3.8) is 0 Å². The monoisotopic (exact) mass is 352 g/mol. The summed E-state index contributed by atoms with van der Waals surface area (Å²) in [6.45, 7) is 2.25. The fourth-order valence-corrected chi connectivity index (χ4v) is 6.09. The first-order chi connectivity index (χ1) is 12.6. The van der Waals surface area contributed by atoms with Gasteiger partial charge in [-0.05, 0) is 86.3 Å². The highest BCUT2D eigenvalue weighted by molar-refractivity contribution is 5.77. The van der Waals surface area contributed by atoms with E-state index >= 15 is 0 Å². The fourth-order valence-electron chi connectivity index (χ4n) is 6.09. The SMILES string of the molecule is CC(NC(=O)COc1ccc(CC#N)cc1)C12CC3CC(CC(C3)C1)C2. The molecule has 0 aliphatic heterocycles. The van der Waals surface area contributed by atoms with E-state index in [0.717, 1.165) is 23.3 Å². The number of rotatable bonds is 6. The standard InChI is InChI=1S/C22H28N2O2/c1-15(22-11-17-8-18(12-22)10-19(9-17)13-22)24-21(25)14-26-20-4-2-16(3-5-20)6-7-23/h2-5,15,17-19H,6,8-14H2,1H3,(H,24,25). The molecule has 138 valence electrons. The third-order valence-corrected chi connectivity index (χ3v) is 6.96. The number of carbonyl (C=O) groups excluding carboxylic acids is 1. The number of nitriles is 1. The molecule has 4 bridgehead atoms. The van der Waals surface area contributed by atoms with E-state index in [-0.39, 0.29) is 18.6 Å². The van der Waals surface area contributed by atoms with Gasteiger partial charge in [-0.2, -0.15) is 5.26 Å². The average molecular weight is 352 g/mol. The summed E-state index contributed by atoms with van der Waals surface area (Å²) in [5, 5.41) is 11.9. The van der Waals surface area contributed by atoms with E-state index in [9.17, 15) is 4.79 Å². The Balaban J connectivity index is 1.30. The predicted octanol–water partition coefficient (Wildman–Crippen LogP) is 3.85. The van der Waals surface area contributed by atoms with E-state index in [1.807, 2.05) is 24.3 Å². The summed E-state index contributed by atoms with van der Waals surface area (Å²) in [7, 11) is 0. The molecule has 1 amide bonds. The molecule has 1 unspecified atom stereocenters. The number of carbonyl (C=O) groups is 1. The minimum atomic E-state index is -0.0330. The highest BCUT2D eigenvalue weighted by Crippen LogP contribution is 2.61. The second kappa shape index (κ2) is 6.95. The molecule has 0 saturated heterocycles. The zero-order chi connectivity index (χ0) is 18.1. The molecule has 0 heterocycles. The van der Waals surface area contributed by atoms with Crippen molar-refractivity contribution in [1.29, 1.82) is 5.26 Å². The molecule has 0 spiro atoms. The van der Waals surface area contributed by atoms with Crippen molar-refractivity contribution in [2.45, 2.75) is 57.9 Å². The highest BCUT2D eigenvalue weighted by Gasteiger charge is 2.53. The van der Waals surface area contributed by atoms with Gasteiger partial charge in [-0.1, -0.05) is 12.1 Å². The van der Waals surface area contributed by atoms with E-state index in [4.69, 9.17) is 10.00 Å². The van der Waals surface area contributed by atoms with E-state index in [2.05, 4.69) is 18.3 Å². The van der Waals surface area contributed by atoms with Crippen molar-refractivity contribution in [2.24, 2.45) is 23.2 Å². The zero-order valence-corrected chi connectivity index (χ0v) is 15.5. The number of nitrogens with one attached hydrogen (secondary N) is 1. The van der Waals surface area contributed by atoms with Crippen LogP contribution in [0.25, 0.3) is 0 Å². The van der Waals surface area contributed by atoms with Crippen LogP contribution in [0.3, 0.4) is 0 Å². The number of amides is 1. The Bertz CT molecular complexity index is 669. The van der Waals surface area contributed by atoms with Crippen molar-refractivity contribution in [3.05, 3.63) is 29.8 Å². The van der Waals surface area contributed by atoms with Crippen LogP contribution in [0.2, 0.25) is 0 Å². The Morgan fingerprint density at radius 1 is 1.19 bits per heavy atom. The predicted molar refractivity (Wildman–Crippen MR) is 99.5 cm³/mol. The third kappa shape index (κ3) is 3.45. The van der Waals surface area contributed by atoms with E-state index < -0.39 is 0 Å². The fraction of sp³-hybridized carbons (Fsp3) is 0.636. The number of hydrogen-bond acceptors (Lipinski definition) is 3. The van der Waals surface area contributed by atoms with Crippen LogP contribution < -0.4 is 10.1 Å². The molecule has 1 atom stereocenters. The lowest BCUT2D eigenvalue weighted by Gasteiger charge is -2.59. The largest absolute Gasteiger partial charge is 0.484 e. The van der Waals surface area contributed by atoms with Crippen molar-refractivity contribution in [1.82, 2.24) is 5.32 Å². The first-order valence-electron chi connectivity index (χ1n) is 9.94. The van der Waals surface area contributed by atoms with Gasteiger partial charge in [-0.3, -0.25) is 4.79 Å². The molecule has 4 aliphatic rings. The van der Waals surface area contributed by atoms with Gasteiger partial charge in [0.25, 0.3) is 5.91 Å². The molecule has 4 saturated carbocycles. The molecule has 1 aromatic rings. The lowest BCUT2D eigenvalue weighted by molar-refractivity contribution is -0.127. The molecule has 5 rings (SSSR count). The van der Waals surface area contributed by atoms with Crippen LogP contribution in [-0.4, -0.2) is 18.6 Å². The number of nitrogens with zero attached hydrogens (tertiary/aromatic N) is 1. The van der Waals surface area contributed by atoms with Crippen LogP contribution in [0.4, 0.5) is 0 Å². The smallest absolute Gasteiger partial charge is 0.258 e. The van der Waals surface area contributed by atoms with E-state index in [1.165, 1.54) is 38.5 Å². The third-order valence-electron chi connectivity index (χ3n) is 6.96. The molecule has 0 aromatic heterocycles. The van der Waals surface area contributed by atoms with Gasteiger partial charge in [0.15, 0.2) is 6.61 Å². The van der Waals surface area contributed by atoms with Crippen molar-refractivity contribution >= 4 is 5.91 Å². The molecule has 1 N–H and O–H groups in total. The van der Waals surface area contributed by atoms with Gasteiger partial charge >= 0.3 is 0 Å². The summed E-state index contributed by atoms with van der Waals surface area (Å²) in [6.07, 6.45) is 8.54. The Morgan fingerprint density at radius 2 is 1.77 bits per heavy atom. The Kier molecular flexibility index (Phi) is 4.65. The average Bonchev–Trinajstić information content (AvgIpc) is 2.60. The Morgan fingerprint density at radius 3 is 2.31 bits per heavy atom. The molecule has 4 heteroatoms. The molecular formula is C22H28N2O2. The first-order valence-corrected chi connectivity index (χ1v) is 9.94. The van der Waals surface area contributed by atoms with Crippen LogP contribution >= 0.6 is 0 Å². The van der Waals surface area contributed by atoms with Gasteiger partial charge < -0.3 is 10.1 Å². The molecule has 26 heavy (non-hydrogen) atoms. The second-order valence-corrected chi connectivity index (χ2v) is 8.84. The Labute approximate surface area is 155 Å². The number of hydrogen-bond donors (Lipinski definition) is 1. The van der Waals surface area contributed by atoms with Gasteiger partial charge in [-0.15, -0.1) is 0 Å². The summed E-state index contributed by atoms with van der Waals surface area (Å²) >= 11 is 0. The van der Waals surface area contributed by atoms with Gasteiger partial charge in [0.1, 0.15) is 5.75 Å². The summed E-state index contributed by atoms with van der Waals surface area (Å²) in [6, 6.07) is 9.73. The topological polar surface area (TPSA) is 62.1 Å². The first kappa shape index (κ1) is 17.4. The lowest BCUT2D eigenvalue weighted by atomic mass is 9.48. The summed E-state index contributed by atoms with van der Waals surface area (Å²) in [5.74, 6) is 3.31. The summed E-state index contributed by atoms with van der Waals surface area (Å²) < 4.78 is 5.63. The summed E-state index contributed by atoms with van der Waals surface area (Å²) in [5.41, 5.74) is 1.28. The molecule has 4 aliphatic carbocycles. The van der Waals surface area contributed by atoms with Crippen LogP contribution in [-0.2, 0) is 11.2 Å². The van der Waals surface area contributed by atoms with Crippen molar-refractivity contribution < 1.29 is 9.53 Å². The number of benzene rings is 1. The summed E-state index contributed by atoms with van der Waals surface area (Å²) in [4.78, 5) is 12.4. The van der Waals surface area contributed by atoms with Gasteiger partial charge in [0, 0.05) is 6.04 Å². The van der Waals surface area contributed by atoms with Gasteiger partial charge in [-0.25, -0.2) is 0 Å². The maximum Gasteiger partial charge on any atom is 0.258 e.